The van der Waals surface area contributed by atoms with Crippen LogP contribution in [0.4, 0.5) is 10.1 Å². The van der Waals surface area contributed by atoms with E-state index in [1.165, 1.54) is 30.0 Å². The van der Waals surface area contributed by atoms with E-state index in [-0.39, 0.29) is 17.0 Å². The van der Waals surface area contributed by atoms with Gasteiger partial charge < -0.3 is 10.7 Å². The largest absolute Gasteiger partial charge is 0.325 e. The molecule has 1 aliphatic heterocycles. The molecule has 0 spiro atoms. The number of anilines is 1. The van der Waals surface area contributed by atoms with E-state index in [2.05, 4.69) is 20.9 Å². The Morgan fingerprint density at radius 3 is 2.47 bits per heavy atom. The molecule has 4 aromatic rings. The molecule has 0 radical (unpaired) electrons. The second kappa shape index (κ2) is 8.64. The molecular formula is C23H17ClFN5OS. The van der Waals surface area contributed by atoms with Crippen molar-refractivity contribution in [2.75, 3.05) is 10.7 Å². The number of carbonyl (C=O) groups is 1. The molecular weight excluding hydrogens is 449 g/mol. The third-order valence-electron chi connectivity index (χ3n) is 5.07. The molecule has 1 aliphatic rings. The van der Waals surface area contributed by atoms with E-state index >= 15 is 0 Å². The molecule has 6 nitrogen and oxygen atoms in total. The fourth-order valence-corrected chi connectivity index (χ4v) is 4.79. The van der Waals surface area contributed by atoms with Gasteiger partial charge in [-0.15, -0.1) is 10.2 Å². The Labute approximate surface area is 192 Å². The fourth-order valence-electron chi connectivity index (χ4n) is 3.53. The van der Waals surface area contributed by atoms with Crippen LogP contribution in [0.2, 0.25) is 5.02 Å². The predicted molar refractivity (Wildman–Crippen MR) is 124 cm³/mol. The molecule has 0 fully saturated rings. The lowest BCUT2D eigenvalue weighted by Crippen LogP contribution is -2.41. The highest BCUT2D eigenvalue weighted by molar-refractivity contribution is 8.00. The Morgan fingerprint density at radius 2 is 1.75 bits per heavy atom. The number of rotatable bonds is 4. The van der Waals surface area contributed by atoms with E-state index < -0.39 is 11.1 Å². The van der Waals surface area contributed by atoms with Crippen LogP contribution in [0.3, 0.4) is 0 Å². The summed E-state index contributed by atoms with van der Waals surface area (Å²) >= 11 is 7.19. The fraction of sp³-hybridized carbons (Fsp3) is 0.0870. The number of fused-ring (bicyclic) bond motifs is 1. The maximum absolute atomic E-state index is 13.5. The lowest BCUT2D eigenvalue weighted by Gasteiger charge is -2.33. The molecule has 2 heterocycles. The highest BCUT2D eigenvalue weighted by Gasteiger charge is 2.38. The summed E-state index contributed by atoms with van der Waals surface area (Å²) in [5, 5.41) is 11.4. The predicted octanol–water partition coefficient (Wildman–Crippen LogP) is 5.14. The first-order valence-electron chi connectivity index (χ1n) is 9.85. The number of amides is 1. The molecule has 0 aliphatic carbocycles. The minimum absolute atomic E-state index is 0.0518. The summed E-state index contributed by atoms with van der Waals surface area (Å²) < 4.78 is 15.3. The van der Waals surface area contributed by atoms with Crippen molar-refractivity contribution in [1.82, 2.24) is 14.9 Å². The van der Waals surface area contributed by atoms with Crippen LogP contribution in [0.1, 0.15) is 11.6 Å². The van der Waals surface area contributed by atoms with Crippen molar-refractivity contribution < 1.29 is 9.18 Å². The molecule has 5 rings (SSSR count). The third kappa shape index (κ3) is 3.94. The number of hydrogen-bond donors (Lipinski definition) is 2. The molecule has 2 atom stereocenters. The molecule has 3 aromatic carbocycles. The molecule has 0 saturated heterocycles. The standard InChI is InChI=1S/C23H17ClFN5OS/c24-17-13-16(11-12-18(17)25)26-22(31)20-19(14-7-3-1-4-8-14)29-30-21(27-28-23(30)32-20)15-9-5-2-6-10-15/h1-13,19-20,29H,(H,26,31)/t19-,20+/m1/s1. The van der Waals surface area contributed by atoms with Gasteiger partial charge in [0.25, 0.3) is 0 Å². The smallest absolute Gasteiger partial charge is 0.240 e. The number of nitrogens with one attached hydrogen (secondary N) is 2. The monoisotopic (exact) mass is 465 g/mol. The zero-order valence-electron chi connectivity index (χ0n) is 16.6. The van der Waals surface area contributed by atoms with Crippen molar-refractivity contribution in [1.29, 1.82) is 0 Å². The van der Waals surface area contributed by atoms with Gasteiger partial charge in [0.1, 0.15) is 11.1 Å². The van der Waals surface area contributed by atoms with E-state index in [0.717, 1.165) is 11.1 Å². The summed E-state index contributed by atoms with van der Waals surface area (Å²) in [7, 11) is 0. The maximum Gasteiger partial charge on any atom is 0.240 e. The first-order valence-corrected chi connectivity index (χ1v) is 11.1. The number of halogens is 2. The van der Waals surface area contributed by atoms with Crippen molar-refractivity contribution >= 4 is 35.0 Å². The third-order valence-corrected chi connectivity index (χ3v) is 6.58. The van der Waals surface area contributed by atoms with Crippen molar-refractivity contribution in [3.63, 3.8) is 0 Å². The van der Waals surface area contributed by atoms with E-state index in [9.17, 15) is 9.18 Å². The maximum atomic E-state index is 13.5. The van der Waals surface area contributed by atoms with E-state index in [4.69, 9.17) is 11.6 Å². The second-order valence-electron chi connectivity index (χ2n) is 7.18. The number of aromatic nitrogens is 3. The Bertz CT molecular complexity index is 1270. The molecule has 0 bridgehead atoms. The van der Waals surface area contributed by atoms with Crippen LogP contribution in [0.25, 0.3) is 11.4 Å². The molecule has 0 unspecified atom stereocenters. The van der Waals surface area contributed by atoms with E-state index in [1.54, 1.807) is 0 Å². The van der Waals surface area contributed by atoms with Gasteiger partial charge in [0, 0.05) is 11.3 Å². The van der Waals surface area contributed by atoms with Crippen LogP contribution in [-0.4, -0.2) is 26.0 Å². The highest BCUT2D eigenvalue weighted by Crippen LogP contribution is 2.39. The number of hydrogen-bond acceptors (Lipinski definition) is 5. The lowest BCUT2D eigenvalue weighted by atomic mass is 10.0. The van der Waals surface area contributed by atoms with E-state index in [0.29, 0.717) is 16.7 Å². The van der Waals surface area contributed by atoms with Gasteiger partial charge in [0.05, 0.1) is 11.1 Å². The molecule has 2 N–H and O–H groups in total. The van der Waals surface area contributed by atoms with Crippen LogP contribution in [-0.2, 0) is 4.79 Å². The molecule has 1 amide bonds. The quantitative estimate of drug-likeness (QED) is 0.437. The topological polar surface area (TPSA) is 71.8 Å². The summed E-state index contributed by atoms with van der Waals surface area (Å²) in [6.45, 7) is 0. The number of nitrogens with zero attached hydrogens (tertiary/aromatic N) is 3. The van der Waals surface area contributed by atoms with Gasteiger partial charge in [0.15, 0.2) is 5.82 Å². The van der Waals surface area contributed by atoms with Gasteiger partial charge in [-0.25, -0.2) is 9.07 Å². The lowest BCUT2D eigenvalue weighted by molar-refractivity contribution is -0.116. The zero-order chi connectivity index (χ0) is 22.1. The van der Waals surface area contributed by atoms with Gasteiger partial charge in [-0.2, -0.15) is 0 Å². The van der Waals surface area contributed by atoms with Crippen LogP contribution >= 0.6 is 23.4 Å². The van der Waals surface area contributed by atoms with Gasteiger partial charge in [-0.1, -0.05) is 84.0 Å². The average Bonchev–Trinajstić information content (AvgIpc) is 3.25. The SMILES string of the molecule is O=C(Nc1ccc(F)c(Cl)c1)[C@H]1Sc2nnc(-c3ccccc3)n2N[C@@H]1c1ccccc1. The van der Waals surface area contributed by atoms with Gasteiger partial charge in [0.2, 0.25) is 11.1 Å². The van der Waals surface area contributed by atoms with Crippen molar-refractivity contribution in [3.8, 4) is 11.4 Å². The summed E-state index contributed by atoms with van der Waals surface area (Å²) in [5.41, 5.74) is 5.70. The second-order valence-corrected chi connectivity index (χ2v) is 8.70. The first-order chi connectivity index (χ1) is 15.6. The number of thioether (sulfide) groups is 1. The zero-order valence-corrected chi connectivity index (χ0v) is 18.1. The number of carbonyl (C=O) groups excluding carboxylic acids is 1. The van der Waals surface area contributed by atoms with Gasteiger partial charge >= 0.3 is 0 Å². The normalized spacial score (nSPS) is 17.3. The average molecular weight is 466 g/mol. The summed E-state index contributed by atoms with van der Waals surface area (Å²) in [4.78, 5) is 13.3. The summed E-state index contributed by atoms with van der Waals surface area (Å²) in [6.07, 6.45) is 0. The first kappa shape index (κ1) is 20.5. The van der Waals surface area contributed by atoms with Gasteiger partial charge in [-0.3, -0.25) is 4.79 Å². The van der Waals surface area contributed by atoms with Crippen LogP contribution < -0.4 is 10.7 Å². The van der Waals surface area contributed by atoms with Crippen molar-refractivity contribution in [2.24, 2.45) is 0 Å². The Balaban J connectivity index is 1.50. The Hall–Kier alpha value is -3.36. The minimum Gasteiger partial charge on any atom is -0.325 e. The molecule has 1 aromatic heterocycles. The molecule has 9 heteroatoms. The van der Waals surface area contributed by atoms with Crippen LogP contribution in [0.15, 0.2) is 84.0 Å². The highest BCUT2D eigenvalue weighted by atomic mass is 35.5. The van der Waals surface area contributed by atoms with E-state index in [1.807, 2.05) is 65.3 Å². The van der Waals surface area contributed by atoms with Crippen molar-refractivity contribution in [3.05, 3.63) is 95.3 Å². The Morgan fingerprint density at radius 1 is 1.03 bits per heavy atom. The van der Waals surface area contributed by atoms with Crippen LogP contribution in [0.5, 0.6) is 0 Å². The molecule has 160 valence electrons. The minimum atomic E-state index is -0.554. The Kier molecular flexibility index (Phi) is 5.55. The number of benzene rings is 3. The summed E-state index contributed by atoms with van der Waals surface area (Å²) in [6, 6.07) is 23.2. The van der Waals surface area contributed by atoms with Gasteiger partial charge in [-0.05, 0) is 23.8 Å². The van der Waals surface area contributed by atoms with Crippen molar-refractivity contribution in [2.45, 2.75) is 16.4 Å². The molecule has 0 saturated carbocycles. The summed E-state index contributed by atoms with van der Waals surface area (Å²) in [5.74, 6) is -0.130. The molecule has 32 heavy (non-hydrogen) atoms. The van der Waals surface area contributed by atoms with Crippen LogP contribution in [0, 0.1) is 5.82 Å².